The molecule has 3 rings (SSSR count). The predicted molar refractivity (Wildman–Crippen MR) is 93.8 cm³/mol. The molecule has 0 amide bonds. The van der Waals surface area contributed by atoms with E-state index in [0.29, 0.717) is 29.3 Å². The van der Waals surface area contributed by atoms with E-state index < -0.39 is 0 Å². The van der Waals surface area contributed by atoms with E-state index in [9.17, 15) is 4.79 Å². The Kier molecular flexibility index (Phi) is 5.11. The van der Waals surface area contributed by atoms with Crippen molar-refractivity contribution in [3.8, 4) is 0 Å². The summed E-state index contributed by atoms with van der Waals surface area (Å²) in [6.07, 6.45) is 4.04. The summed E-state index contributed by atoms with van der Waals surface area (Å²) in [5.41, 5.74) is 1.50. The van der Waals surface area contributed by atoms with Crippen molar-refractivity contribution >= 4 is 23.5 Å². The van der Waals surface area contributed by atoms with E-state index in [-0.39, 0.29) is 12.6 Å². The average Bonchev–Trinajstić information content (AvgIpc) is 3.15. The quantitative estimate of drug-likeness (QED) is 0.734. The SMILES string of the molecule is CSC1=C(c2ccco2)OC(C)=C(C(=O)OCc2ccccc2)C1. The maximum atomic E-state index is 12.4. The van der Waals surface area contributed by atoms with Crippen LogP contribution >= 0.6 is 11.8 Å². The minimum atomic E-state index is -0.346. The smallest absolute Gasteiger partial charge is 0.338 e. The molecule has 0 aliphatic carbocycles. The van der Waals surface area contributed by atoms with E-state index in [2.05, 4.69) is 0 Å². The molecule has 0 N–H and O–H groups in total. The maximum absolute atomic E-state index is 12.4. The number of rotatable bonds is 5. The molecular weight excluding hydrogens is 324 g/mol. The fourth-order valence-corrected chi connectivity index (χ4v) is 3.04. The number of hydrogen-bond donors (Lipinski definition) is 0. The van der Waals surface area contributed by atoms with Crippen LogP contribution in [0.4, 0.5) is 0 Å². The maximum Gasteiger partial charge on any atom is 0.338 e. The Bertz CT molecular complexity index is 773. The number of allylic oxidation sites excluding steroid dienone is 2. The van der Waals surface area contributed by atoms with E-state index in [1.54, 1.807) is 24.9 Å². The van der Waals surface area contributed by atoms with Crippen LogP contribution in [-0.4, -0.2) is 12.2 Å². The van der Waals surface area contributed by atoms with Crippen LogP contribution in [0.25, 0.3) is 5.76 Å². The molecule has 0 spiro atoms. The number of esters is 1. The Labute approximate surface area is 145 Å². The highest BCUT2D eigenvalue weighted by Gasteiger charge is 2.27. The predicted octanol–water partition coefficient (Wildman–Crippen LogP) is 4.75. The van der Waals surface area contributed by atoms with Gasteiger partial charge in [0.15, 0.2) is 11.5 Å². The van der Waals surface area contributed by atoms with Crippen LogP contribution in [0.15, 0.2) is 69.4 Å². The Morgan fingerprint density at radius 2 is 2.00 bits per heavy atom. The highest BCUT2D eigenvalue weighted by Crippen LogP contribution is 2.38. The minimum Gasteiger partial charge on any atom is -0.461 e. The van der Waals surface area contributed by atoms with Crippen molar-refractivity contribution < 1.29 is 18.7 Å². The molecule has 1 aliphatic rings. The van der Waals surface area contributed by atoms with Gasteiger partial charge >= 0.3 is 5.97 Å². The monoisotopic (exact) mass is 342 g/mol. The van der Waals surface area contributed by atoms with Gasteiger partial charge in [-0.3, -0.25) is 0 Å². The molecule has 0 fully saturated rings. The molecule has 4 nitrogen and oxygen atoms in total. The first-order valence-corrected chi connectivity index (χ1v) is 8.81. The van der Waals surface area contributed by atoms with E-state index in [1.165, 1.54) is 0 Å². The lowest BCUT2D eigenvalue weighted by molar-refractivity contribution is -0.140. The molecule has 1 aliphatic heterocycles. The van der Waals surface area contributed by atoms with Gasteiger partial charge in [0.2, 0.25) is 0 Å². The molecule has 5 heteroatoms. The van der Waals surface area contributed by atoms with E-state index >= 15 is 0 Å². The van der Waals surface area contributed by atoms with Gasteiger partial charge in [-0.25, -0.2) is 4.79 Å². The van der Waals surface area contributed by atoms with Crippen molar-refractivity contribution in [2.75, 3.05) is 6.26 Å². The number of hydrogen-bond acceptors (Lipinski definition) is 5. The molecule has 124 valence electrons. The van der Waals surface area contributed by atoms with E-state index in [4.69, 9.17) is 13.9 Å². The number of carbonyl (C=O) groups excluding carboxylic acids is 1. The lowest BCUT2D eigenvalue weighted by Gasteiger charge is -2.22. The van der Waals surface area contributed by atoms with Gasteiger partial charge in [0.25, 0.3) is 0 Å². The van der Waals surface area contributed by atoms with Crippen molar-refractivity contribution in [1.29, 1.82) is 0 Å². The molecule has 0 saturated heterocycles. The molecule has 0 atom stereocenters. The Morgan fingerprint density at radius 1 is 1.21 bits per heavy atom. The Hall–Kier alpha value is -2.40. The first kappa shape index (κ1) is 16.5. The van der Waals surface area contributed by atoms with Crippen LogP contribution < -0.4 is 0 Å². The summed E-state index contributed by atoms with van der Waals surface area (Å²) in [6.45, 7) is 2.03. The summed E-state index contributed by atoms with van der Waals surface area (Å²) in [5.74, 6) is 1.54. The summed E-state index contributed by atoms with van der Waals surface area (Å²) in [6, 6.07) is 13.3. The molecule has 0 radical (unpaired) electrons. The zero-order chi connectivity index (χ0) is 16.9. The Morgan fingerprint density at radius 3 is 2.67 bits per heavy atom. The van der Waals surface area contributed by atoms with Crippen molar-refractivity contribution in [1.82, 2.24) is 0 Å². The van der Waals surface area contributed by atoms with Crippen LogP contribution in [0.1, 0.15) is 24.7 Å². The fraction of sp³-hybridized carbons (Fsp3) is 0.211. The average molecular weight is 342 g/mol. The number of benzene rings is 1. The van der Waals surface area contributed by atoms with E-state index in [0.717, 1.165) is 10.5 Å². The first-order chi connectivity index (χ1) is 11.7. The van der Waals surface area contributed by atoms with Crippen LogP contribution in [0, 0.1) is 0 Å². The summed E-state index contributed by atoms with van der Waals surface area (Å²) in [5, 5.41) is 0. The van der Waals surface area contributed by atoms with Gasteiger partial charge in [-0.05, 0) is 30.9 Å². The van der Waals surface area contributed by atoms with E-state index in [1.807, 2.05) is 48.7 Å². The van der Waals surface area contributed by atoms with Gasteiger partial charge in [-0.15, -0.1) is 11.8 Å². The lowest BCUT2D eigenvalue weighted by atomic mass is 10.1. The third-order valence-corrected chi connectivity index (χ3v) is 4.54. The highest BCUT2D eigenvalue weighted by atomic mass is 32.2. The van der Waals surface area contributed by atoms with Crippen molar-refractivity contribution in [2.24, 2.45) is 0 Å². The highest BCUT2D eigenvalue weighted by molar-refractivity contribution is 8.02. The second kappa shape index (κ2) is 7.45. The van der Waals surface area contributed by atoms with Gasteiger partial charge in [-0.1, -0.05) is 30.3 Å². The third-order valence-electron chi connectivity index (χ3n) is 3.72. The third kappa shape index (κ3) is 3.57. The standard InChI is InChI=1S/C19H18O4S/c1-13-15(19(20)22-12-14-7-4-3-5-8-14)11-17(24-2)18(23-13)16-9-6-10-21-16/h3-10H,11-12H2,1-2H3. The van der Waals surface area contributed by atoms with Crippen LogP contribution in [0.5, 0.6) is 0 Å². The Balaban J connectivity index is 1.72. The normalized spacial score (nSPS) is 14.6. The molecule has 2 heterocycles. The van der Waals surface area contributed by atoms with Crippen molar-refractivity contribution in [3.05, 3.63) is 76.3 Å². The summed E-state index contributed by atoms with van der Waals surface area (Å²) < 4.78 is 16.7. The largest absolute Gasteiger partial charge is 0.461 e. The molecule has 0 saturated carbocycles. The second-order valence-electron chi connectivity index (χ2n) is 5.31. The fourth-order valence-electron chi connectivity index (χ4n) is 2.42. The summed E-state index contributed by atoms with van der Waals surface area (Å²) in [7, 11) is 0. The molecule has 24 heavy (non-hydrogen) atoms. The van der Waals surface area contributed by atoms with Gasteiger partial charge in [0.05, 0.1) is 11.8 Å². The van der Waals surface area contributed by atoms with Gasteiger partial charge in [-0.2, -0.15) is 0 Å². The summed E-state index contributed by atoms with van der Waals surface area (Å²) in [4.78, 5) is 13.4. The van der Waals surface area contributed by atoms with Crippen molar-refractivity contribution in [2.45, 2.75) is 20.0 Å². The van der Waals surface area contributed by atoms with Crippen molar-refractivity contribution in [3.63, 3.8) is 0 Å². The zero-order valence-electron chi connectivity index (χ0n) is 13.6. The molecule has 0 unspecified atom stereocenters. The molecule has 2 aromatic rings. The lowest BCUT2D eigenvalue weighted by Crippen LogP contribution is -2.15. The number of carbonyl (C=O) groups is 1. The van der Waals surface area contributed by atoms with Crippen LogP contribution in [-0.2, 0) is 20.9 Å². The topological polar surface area (TPSA) is 48.7 Å². The molecule has 1 aromatic heterocycles. The van der Waals surface area contributed by atoms with Gasteiger partial charge in [0, 0.05) is 11.3 Å². The molecular formula is C19H18O4S. The van der Waals surface area contributed by atoms with Gasteiger partial charge in [0.1, 0.15) is 12.4 Å². The van der Waals surface area contributed by atoms with Crippen LogP contribution in [0.3, 0.4) is 0 Å². The minimum absolute atomic E-state index is 0.250. The first-order valence-electron chi connectivity index (χ1n) is 7.58. The number of ether oxygens (including phenoxy) is 2. The number of thioether (sulfide) groups is 1. The second-order valence-corrected chi connectivity index (χ2v) is 6.21. The number of furan rings is 1. The van der Waals surface area contributed by atoms with Crippen LogP contribution in [0.2, 0.25) is 0 Å². The zero-order valence-corrected chi connectivity index (χ0v) is 14.4. The summed E-state index contributed by atoms with van der Waals surface area (Å²) >= 11 is 1.54. The van der Waals surface area contributed by atoms with Gasteiger partial charge < -0.3 is 13.9 Å². The molecule has 1 aromatic carbocycles. The molecule has 0 bridgehead atoms.